The van der Waals surface area contributed by atoms with Gasteiger partial charge < -0.3 is 5.32 Å². The summed E-state index contributed by atoms with van der Waals surface area (Å²) < 4.78 is 51.9. The van der Waals surface area contributed by atoms with E-state index in [4.69, 9.17) is 11.6 Å². The van der Waals surface area contributed by atoms with E-state index in [-0.39, 0.29) is 5.02 Å². The van der Waals surface area contributed by atoms with Crippen LogP contribution in [0.25, 0.3) is 0 Å². The number of anilines is 1. The van der Waals surface area contributed by atoms with Gasteiger partial charge in [-0.15, -0.1) is 0 Å². The Morgan fingerprint density at radius 1 is 1.19 bits per heavy atom. The number of aromatic nitrogens is 1. The fraction of sp³-hybridized carbons (Fsp3) is 0.0769. The number of nitrogens with one attached hydrogen (secondary N) is 1. The van der Waals surface area contributed by atoms with Crippen molar-refractivity contribution in [2.75, 3.05) is 5.32 Å². The number of benzene rings is 1. The molecule has 0 radical (unpaired) electrons. The number of amides is 1. The van der Waals surface area contributed by atoms with Gasteiger partial charge in [0, 0.05) is 6.20 Å². The lowest BCUT2D eigenvalue weighted by molar-refractivity contribution is -0.136. The van der Waals surface area contributed by atoms with E-state index in [9.17, 15) is 22.4 Å². The molecule has 0 aliphatic heterocycles. The van der Waals surface area contributed by atoms with Gasteiger partial charge in [0.05, 0.1) is 21.8 Å². The van der Waals surface area contributed by atoms with Crippen molar-refractivity contribution in [2.24, 2.45) is 0 Å². The molecule has 0 fully saturated rings. The fourth-order valence-corrected chi connectivity index (χ4v) is 1.85. The number of rotatable bonds is 2. The molecular weight excluding hydrogens is 312 g/mol. The average molecular weight is 319 g/mol. The van der Waals surface area contributed by atoms with Crippen LogP contribution in [-0.4, -0.2) is 10.9 Å². The number of para-hydroxylation sites is 1. The summed E-state index contributed by atoms with van der Waals surface area (Å²) in [5.74, 6) is -2.16. The van der Waals surface area contributed by atoms with E-state index in [2.05, 4.69) is 4.98 Å². The van der Waals surface area contributed by atoms with Crippen molar-refractivity contribution < 1.29 is 22.4 Å². The minimum Gasteiger partial charge on any atom is -0.320 e. The van der Waals surface area contributed by atoms with Crippen molar-refractivity contribution in [3.05, 3.63) is 58.6 Å². The molecule has 0 unspecified atom stereocenters. The molecule has 2 rings (SSSR count). The van der Waals surface area contributed by atoms with Crippen molar-refractivity contribution >= 4 is 23.2 Å². The smallest absolute Gasteiger partial charge is 0.320 e. The van der Waals surface area contributed by atoms with Crippen molar-refractivity contribution in [1.82, 2.24) is 4.98 Å². The van der Waals surface area contributed by atoms with Crippen LogP contribution in [0.1, 0.15) is 15.9 Å². The second-order valence-corrected chi connectivity index (χ2v) is 4.36. The number of pyridine rings is 1. The fourth-order valence-electron chi connectivity index (χ4n) is 1.62. The summed E-state index contributed by atoms with van der Waals surface area (Å²) in [6.07, 6.45) is -3.59. The second-order valence-electron chi connectivity index (χ2n) is 3.96. The molecule has 2 aromatic rings. The number of alkyl halides is 3. The van der Waals surface area contributed by atoms with Crippen molar-refractivity contribution in [3.8, 4) is 0 Å². The van der Waals surface area contributed by atoms with Gasteiger partial charge in [-0.3, -0.25) is 4.79 Å². The van der Waals surface area contributed by atoms with Crippen LogP contribution in [0.4, 0.5) is 23.2 Å². The quantitative estimate of drug-likeness (QED) is 0.668. The summed E-state index contributed by atoms with van der Waals surface area (Å²) in [5.41, 5.74) is -2.22. The Hall–Kier alpha value is -2.15. The van der Waals surface area contributed by atoms with Gasteiger partial charge in [-0.05, 0) is 24.3 Å². The molecule has 1 heterocycles. The first-order chi connectivity index (χ1) is 9.80. The first-order valence-corrected chi connectivity index (χ1v) is 5.96. The summed E-state index contributed by atoms with van der Waals surface area (Å²) >= 11 is 5.68. The Labute approximate surface area is 121 Å². The van der Waals surface area contributed by atoms with Crippen LogP contribution < -0.4 is 5.32 Å². The zero-order chi connectivity index (χ0) is 15.6. The summed E-state index contributed by atoms with van der Waals surface area (Å²) in [6.45, 7) is 0. The lowest BCUT2D eigenvalue weighted by Gasteiger charge is -2.15. The molecular formula is C13H7ClF4N2O. The van der Waals surface area contributed by atoms with Crippen LogP contribution in [0.3, 0.4) is 0 Å². The molecule has 1 N–H and O–H groups in total. The number of nitrogens with zero attached hydrogens (tertiary/aromatic N) is 1. The summed E-state index contributed by atoms with van der Waals surface area (Å²) in [6, 6.07) is 5.44. The lowest BCUT2D eigenvalue weighted by atomic mass is 10.1. The van der Waals surface area contributed by atoms with Gasteiger partial charge in [0.2, 0.25) is 5.95 Å². The first-order valence-electron chi connectivity index (χ1n) is 5.58. The Balaban J connectivity index is 2.41. The predicted molar refractivity (Wildman–Crippen MR) is 68.6 cm³/mol. The number of hydrogen-bond acceptors (Lipinski definition) is 2. The second kappa shape index (κ2) is 5.69. The van der Waals surface area contributed by atoms with Gasteiger partial charge >= 0.3 is 6.18 Å². The molecule has 1 aromatic heterocycles. The minimum absolute atomic E-state index is 0.303. The highest BCUT2D eigenvalue weighted by atomic mass is 35.5. The third kappa shape index (κ3) is 3.30. The monoisotopic (exact) mass is 318 g/mol. The molecule has 0 aliphatic carbocycles. The average Bonchev–Trinajstić information content (AvgIpc) is 2.40. The van der Waals surface area contributed by atoms with Crippen LogP contribution >= 0.6 is 11.6 Å². The van der Waals surface area contributed by atoms with Crippen LogP contribution in [-0.2, 0) is 6.18 Å². The van der Waals surface area contributed by atoms with Gasteiger partial charge in [0.25, 0.3) is 5.91 Å². The third-order valence-corrected chi connectivity index (χ3v) is 2.88. The van der Waals surface area contributed by atoms with Crippen molar-refractivity contribution in [3.63, 3.8) is 0 Å². The SMILES string of the molecule is O=C(Nc1c(Cl)cccc1C(F)(F)F)c1cccnc1F. The maximum absolute atomic E-state index is 13.4. The van der Waals surface area contributed by atoms with Crippen molar-refractivity contribution in [1.29, 1.82) is 0 Å². The summed E-state index contributed by atoms with van der Waals surface area (Å²) in [5, 5.41) is 1.67. The molecule has 0 bridgehead atoms. The normalized spacial score (nSPS) is 11.3. The van der Waals surface area contributed by atoms with Gasteiger partial charge in [0.15, 0.2) is 0 Å². The van der Waals surface area contributed by atoms with Crippen LogP contribution in [0.15, 0.2) is 36.5 Å². The highest BCUT2D eigenvalue weighted by molar-refractivity contribution is 6.34. The van der Waals surface area contributed by atoms with Gasteiger partial charge in [-0.1, -0.05) is 17.7 Å². The first kappa shape index (κ1) is 15.2. The molecule has 110 valence electrons. The Morgan fingerprint density at radius 2 is 1.90 bits per heavy atom. The van der Waals surface area contributed by atoms with E-state index in [1.165, 1.54) is 12.1 Å². The number of hydrogen-bond donors (Lipinski definition) is 1. The summed E-state index contributed by atoms with van der Waals surface area (Å²) in [4.78, 5) is 15.1. The molecule has 1 aromatic carbocycles. The number of halogens is 5. The molecule has 21 heavy (non-hydrogen) atoms. The highest BCUT2D eigenvalue weighted by Crippen LogP contribution is 2.38. The third-order valence-electron chi connectivity index (χ3n) is 2.56. The maximum Gasteiger partial charge on any atom is 0.418 e. The predicted octanol–water partition coefficient (Wildman–Crippen LogP) is 4.15. The Kier molecular flexibility index (Phi) is 4.13. The topological polar surface area (TPSA) is 42.0 Å². The molecule has 1 amide bonds. The molecule has 0 saturated carbocycles. The maximum atomic E-state index is 13.4. The Bertz CT molecular complexity index is 688. The van der Waals surface area contributed by atoms with Gasteiger partial charge in [0.1, 0.15) is 0 Å². The van der Waals surface area contributed by atoms with E-state index in [1.54, 1.807) is 0 Å². The Morgan fingerprint density at radius 3 is 2.52 bits per heavy atom. The van der Waals surface area contributed by atoms with E-state index in [0.717, 1.165) is 24.4 Å². The largest absolute Gasteiger partial charge is 0.418 e. The molecule has 8 heteroatoms. The van der Waals surface area contributed by atoms with E-state index >= 15 is 0 Å². The van der Waals surface area contributed by atoms with E-state index < -0.39 is 34.8 Å². The van der Waals surface area contributed by atoms with Crippen LogP contribution in [0.5, 0.6) is 0 Å². The van der Waals surface area contributed by atoms with Crippen LogP contribution in [0.2, 0.25) is 5.02 Å². The zero-order valence-electron chi connectivity index (χ0n) is 10.2. The molecule has 3 nitrogen and oxygen atoms in total. The van der Waals surface area contributed by atoms with Gasteiger partial charge in [-0.25, -0.2) is 4.98 Å². The van der Waals surface area contributed by atoms with E-state index in [1.807, 2.05) is 5.32 Å². The molecule has 0 spiro atoms. The minimum atomic E-state index is -4.71. The van der Waals surface area contributed by atoms with Crippen molar-refractivity contribution in [2.45, 2.75) is 6.18 Å². The van der Waals surface area contributed by atoms with Crippen LogP contribution in [0, 0.1) is 5.95 Å². The lowest BCUT2D eigenvalue weighted by Crippen LogP contribution is -2.18. The summed E-state index contributed by atoms with van der Waals surface area (Å²) in [7, 11) is 0. The molecule has 0 atom stereocenters. The zero-order valence-corrected chi connectivity index (χ0v) is 11.0. The van der Waals surface area contributed by atoms with E-state index in [0.29, 0.717) is 0 Å². The molecule has 0 saturated heterocycles. The molecule has 0 aliphatic rings. The highest BCUT2D eigenvalue weighted by Gasteiger charge is 2.35. The number of carbonyl (C=O) groups excluding carboxylic acids is 1. The number of carbonyl (C=O) groups is 1. The standard InChI is InChI=1S/C13H7ClF4N2O/c14-9-5-1-4-8(13(16,17)18)10(9)20-12(21)7-3-2-6-19-11(7)15/h1-6H,(H,20,21). The van der Waals surface area contributed by atoms with Gasteiger partial charge in [-0.2, -0.15) is 17.6 Å².